The first kappa shape index (κ1) is 16.7. The van der Waals surface area contributed by atoms with E-state index in [1.54, 1.807) is 12.1 Å². The van der Waals surface area contributed by atoms with Crippen molar-refractivity contribution < 1.29 is 4.39 Å². The second-order valence-electron chi connectivity index (χ2n) is 6.59. The lowest BCUT2D eigenvalue weighted by molar-refractivity contribution is 0.628. The zero-order valence-corrected chi connectivity index (χ0v) is 15.3. The Labute approximate surface area is 156 Å². The molecular formula is C21H18FN3S. The summed E-state index contributed by atoms with van der Waals surface area (Å²) in [6.07, 6.45) is 3.74. The number of H-pyrrole nitrogens is 1. The molecule has 0 amide bonds. The Bertz CT molecular complexity index is 1140. The zero-order chi connectivity index (χ0) is 18.3. The zero-order valence-electron chi connectivity index (χ0n) is 14.5. The lowest BCUT2D eigenvalue weighted by Crippen LogP contribution is -1.97. The van der Waals surface area contributed by atoms with E-state index in [1.165, 1.54) is 17.7 Å². The number of benzene rings is 2. The van der Waals surface area contributed by atoms with E-state index >= 15 is 0 Å². The van der Waals surface area contributed by atoms with Crippen molar-refractivity contribution in [1.82, 2.24) is 14.4 Å². The van der Waals surface area contributed by atoms with Crippen LogP contribution in [0.4, 0.5) is 4.39 Å². The number of halogens is 1. The van der Waals surface area contributed by atoms with Crippen molar-refractivity contribution in [3.05, 3.63) is 76.9 Å². The van der Waals surface area contributed by atoms with Gasteiger partial charge in [-0.3, -0.25) is 4.40 Å². The molecule has 0 radical (unpaired) electrons. The van der Waals surface area contributed by atoms with Gasteiger partial charge in [-0.1, -0.05) is 50.3 Å². The van der Waals surface area contributed by atoms with Crippen LogP contribution < -0.4 is 0 Å². The fraction of sp³-hybridized carbons (Fsp3) is 0.143. The molecule has 3 nitrogen and oxygen atoms in total. The van der Waals surface area contributed by atoms with E-state index in [2.05, 4.69) is 35.9 Å². The van der Waals surface area contributed by atoms with Crippen molar-refractivity contribution in [2.75, 3.05) is 0 Å². The first-order valence-corrected chi connectivity index (χ1v) is 8.91. The molecule has 0 bridgehead atoms. The first-order valence-electron chi connectivity index (χ1n) is 8.50. The molecule has 4 rings (SSSR count). The minimum absolute atomic E-state index is 0.257. The van der Waals surface area contributed by atoms with Crippen molar-refractivity contribution in [2.45, 2.75) is 19.8 Å². The summed E-state index contributed by atoms with van der Waals surface area (Å²) in [5, 5.41) is 0. The third kappa shape index (κ3) is 2.84. The SMILES string of the molecule is CC(C)c1ccccc1-c1cnc2[nH]c(-c3ccc(F)cc3)cn2c1=S. The maximum atomic E-state index is 13.2. The van der Waals surface area contributed by atoms with E-state index in [0.717, 1.165) is 22.4 Å². The van der Waals surface area contributed by atoms with Gasteiger partial charge in [0, 0.05) is 18.0 Å². The van der Waals surface area contributed by atoms with Crippen LogP contribution in [0.1, 0.15) is 25.3 Å². The van der Waals surface area contributed by atoms with E-state index in [-0.39, 0.29) is 5.82 Å². The third-order valence-corrected chi connectivity index (χ3v) is 4.94. The highest BCUT2D eigenvalue weighted by Gasteiger charge is 2.13. The Morgan fingerprint density at radius 3 is 2.50 bits per heavy atom. The number of imidazole rings is 1. The number of nitrogens with one attached hydrogen (secondary N) is 1. The van der Waals surface area contributed by atoms with Crippen LogP contribution >= 0.6 is 12.2 Å². The second kappa shape index (κ2) is 6.50. The standard InChI is InChI=1S/C21H18FN3S/c1-13(2)16-5-3-4-6-17(16)18-11-23-21-24-19(12-25(21)20(18)26)14-7-9-15(22)10-8-14/h3-13H,1-2H3,(H,23,24). The van der Waals surface area contributed by atoms with Crippen molar-refractivity contribution in [2.24, 2.45) is 0 Å². The molecule has 0 saturated carbocycles. The molecule has 26 heavy (non-hydrogen) atoms. The van der Waals surface area contributed by atoms with E-state index in [1.807, 2.05) is 28.9 Å². The number of rotatable bonds is 3. The fourth-order valence-electron chi connectivity index (χ4n) is 3.17. The van der Waals surface area contributed by atoms with E-state index in [9.17, 15) is 4.39 Å². The molecule has 0 saturated heterocycles. The number of aromatic amines is 1. The molecule has 0 aliphatic heterocycles. The molecule has 4 aromatic rings. The number of hydrogen-bond acceptors (Lipinski definition) is 2. The van der Waals surface area contributed by atoms with Crippen molar-refractivity contribution >= 4 is 18.0 Å². The Morgan fingerprint density at radius 2 is 1.77 bits per heavy atom. The average molecular weight is 363 g/mol. The monoisotopic (exact) mass is 363 g/mol. The molecule has 0 aliphatic carbocycles. The lowest BCUT2D eigenvalue weighted by atomic mass is 9.94. The molecular weight excluding hydrogens is 345 g/mol. The smallest absolute Gasteiger partial charge is 0.212 e. The highest BCUT2D eigenvalue weighted by atomic mass is 32.1. The minimum atomic E-state index is -0.257. The van der Waals surface area contributed by atoms with Gasteiger partial charge >= 0.3 is 0 Å². The van der Waals surface area contributed by atoms with Crippen molar-refractivity contribution in [3.8, 4) is 22.4 Å². The quantitative estimate of drug-likeness (QED) is 0.454. The van der Waals surface area contributed by atoms with Crippen LogP contribution in [-0.2, 0) is 0 Å². The van der Waals surface area contributed by atoms with Gasteiger partial charge in [0.05, 0.1) is 5.69 Å². The molecule has 0 atom stereocenters. The highest BCUT2D eigenvalue weighted by molar-refractivity contribution is 7.71. The molecule has 2 aromatic carbocycles. The van der Waals surface area contributed by atoms with Crippen LogP contribution in [0.15, 0.2) is 60.9 Å². The summed E-state index contributed by atoms with van der Waals surface area (Å²) in [5.74, 6) is 0.801. The summed E-state index contributed by atoms with van der Waals surface area (Å²) in [4.78, 5) is 7.80. The first-order chi connectivity index (χ1) is 12.5. The molecule has 0 aliphatic rings. The minimum Gasteiger partial charge on any atom is -0.323 e. The molecule has 0 unspecified atom stereocenters. The lowest BCUT2D eigenvalue weighted by Gasteiger charge is -2.12. The maximum absolute atomic E-state index is 13.2. The number of aromatic nitrogens is 3. The second-order valence-corrected chi connectivity index (χ2v) is 6.97. The molecule has 2 heterocycles. The summed E-state index contributed by atoms with van der Waals surface area (Å²) in [7, 11) is 0. The van der Waals surface area contributed by atoms with Crippen LogP contribution in [0.25, 0.3) is 28.2 Å². The van der Waals surface area contributed by atoms with Gasteiger partial charge in [-0.05, 0) is 46.9 Å². The van der Waals surface area contributed by atoms with Gasteiger partial charge in [-0.25, -0.2) is 9.37 Å². The summed E-state index contributed by atoms with van der Waals surface area (Å²) < 4.78 is 15.7. The van der Waals surface area contributed by atoms with Gasteiger partial charge < -0.3 is 4.98 Å². The highest BCUT2D eigenvalue weighted by Crippen LogP contribution is 2.30. The summed E-state index contributed by atoms with van der Waals surface area (Å²) in [6.45, 7) is 4.34. The van der Waals surface area contributed by atoms with Crippen LogP contribution in [0, 0.1) is 10.5 Å². The molecule has 5 heteroatoms. The average Bonchev–Trinajstić information content (AvgIpc) is 3.08. The third-order valence-electron chi connectivity index (χ3n) is 4.53. The maximum Gasteiger partial charge on any atom is 0.212 e. The van der Waals surface area contributed by atoms with Crippen LogP contribution in [0.5, 0.6) is 0 Å². The summed E-state index contributed by atoms with van der Waals surface area (Å²) in [5.41, 5.74) is 5.02. The Morgan fingerprint density at radius 1 is 1.04 bits per heavy atom. The molecule has 0 spiro atoms. The van der Waals surface area contributed by atoms with E-state index < -0.39 is 0 Å². The van der Waals surface area contributed by atoms with Crippen LogP contribution in [-0.4, -0.2) is 14.4 Å². The Balaban J connectivity index is 1.89. The van der Waals surface area contributed by atoms with E-state index in [0.29, 0.717) is 16.3 Å². The molecule has 0 fully saturated rings. The fourth-order valence-corrected chi connectivity index (χ4v) is 3.47. The number of nitrogens with zero attached hydrogens (tertiary/aromatic N) is 2. The van der Waals surface area contributed by atoms with Crippen molar-refractivity contribution in [3.63, 3.8) is 0 Å². The summed E-state index contributed by atoms with van der Waals surface area (Å²) in [6, 6.07) is 14.6. The van der Waals surface area contributed by atoms with Gasteiger partial charge in [0.25, 0.3) is 0 Å². The predicted octanol–water partition coefficient (Wildman–Crippen LogP) is 5.99. The van der Waals surface area contributed by atoms with Crippen LogP contribution in [0.2, 0.25) is 0 Å². The van der Waals surface area contributed by atoms with Gasteiger partial charge in [0.1, 0.15) is 10.5 Å². The summed E-state index contributed by atoms with van der Waals surface area (Å²) >= 11 is 5.75. The number of fused-ring (bicyclic) bond motifs is 1. The van der Waals surface area contributed by atoms with Gasteiger partial charge in [-0.2, -0.15) is 0 Å². The normalized spacial score (nSPS) is 11.4. The van der Waals surface area contributed by atoms with E-state index in [4.69, 9.17) is 12.2 Å². The predicted molar refractivity (Wildman–Crippen MR) is 105 cm³/mol. The van der Waals surface area contributed by atoms with Crippen LogP contribution in [0.3, 0.4) is 0 Å². The van der Waals surface area contributed by atoms with Gasteiger partial charge in [-0.15, -0.1) is 0 Å². The van der Waals surface area contributed by atoms with Gasteiger partial charge in [0.2, 0.25) is 5.78 Å². The van der Waals surface area contributed by atoms with Crippen molar-refractivity contribution in [1.29, 1.82) is 0 Å². The topological polar surface area (TPSA) is 33.1 Å². The Kier molecular flexibility index (Phi) is 4.17. The largest absolute Gasteiger partial charge is 0.323 e. The molecule has 130 valence electrons. The Hall–Kier alpha value is -2.79. The molecule has 2 aromatic heterocycles. The van der Waals surface area contributed by atoms with Gasteiger partial charge in [0.15, 0.2) is 0 Å². The number of hydrogen-bond donors (Lipinski definition) is 1. The molecule has 1 N–H and O–H groups in total.